The molecule has 0 amide bonds. The van der Waals surface area contributed by atoms with Crippen LogP contribution in [0.25, 0.3) is 22.8 Å². The molecule has 3 heterocycles. The predicted octanol–water partition coefficient (Wildman–Crippen LogP) is 3.46. The number of hydrogen-bond donors (Lipinski definition) is 1. The first-order chi connectivity index (χ1) is 9.65. The van der Waals surface area contributed by atoms with Gasteiger partial charge in [0.05, 0.1) is 17.1 Å². The first-order valence-electron chi connectivity index (χ1n) is 6.56. The second kappa shape index (κ2) is 4.89. The maximum atomic E-state index is 4.41. The molecule has 1 N–H and O–H groups in total. The third-order valence-corrected chi connectivity index (χ3v) is 3.34. The van der Waals surface area contributed by atoms with Crippen LogP contribution in [0.5, 0.6) is 0 Å². The molecule has 3 aromatic heterocycles. The Kier molecular flexibility index (Phi) is 3.06. The van der Waals surface area contributed by atoms with Gasteiger partial charge in [-0.2, -0.15) is 5.10 Å². The average Bonchev–Trinajstić information content (AvgIpc) is 2.80. The molecule has 0 aromatic carbocycles. The van der Waals surface area contributed by atoms with E-state index in [2.05, 4.69) is 34.0 Å². The van der Waals surface area contributed by atoms with Crippen LogP contribution >= 0.6 is 0 Å². The van der Waals surface area contributed by atoms with Crippen LogP contribution in [0, 0.1) is 20.8 Å². The second-order valence-corrected chi connectivity index (χ2v) is 5.01. The summed E-state index contributed by atoms with van der Waals surface area (Å²) < 4.78 is 0. The van der Waals surface area contributed by atoms with Crippen LogP contribution in [0.15, 0.2) is 36.7 Å². The standard InChI is InChI=1S/C16H16N4/c1-10-4-6-17-13(8-10)15-12(3)16(20-19-15)14-9-11(2)5-7-18-14/h4-9H,1-3H3,(H,19,20). The monoisotopic (exact) mass is 264 g/mol. The van der Waals surface area contributed by atoms with Crippen molar-refractivity contribution in [1.82, 2.24) is 20.2 Å². The number of nitrogens with one attached hydrogen (secondary N) is 1. The summed E-state index contributed by atoms with van der Waals surface area (Å²) in [5.41, 5.74) is 7.05. The van der Waals surface area contributed by atoms with Gasteiger partial charge in [-0.15, -0.1) is 0 Å². The molecule has 0 unspecified atom stereocenters. The van der Waals surface area contributed by atoms with Crippen molar-refractivity contribution < 1.29 is 0 Å². The predicted molar refractivity (Wildman–Crippen MR) is 79.3 cm³/mol. The summed E-state index contributed by atoms with van der Waals surface area (Å²) in [6, 6.07) is 8.05. The van der Waals surface area contributed by atoms with Gasteiger partial charge in [0.2, 0.25) is 0 Å². The number of H-pyrrole nitrogens is 1. The fourth-order valence-corrected chi connectivity index (χ4v) is 2.24. The number of nitrogens with zero attached hydrogens (tertiary/aromatic N) is 3. The molecule has 0 saturated heterocycles. The lowest BCUT2D eigenvalue weighted by Gasteiger charge is -2.02. The van der Waals surface area contributed by atoms with Crippen LogP contribution in [-0.4, -0.2) is 20.2 Å². The molecular formula is C16H16N4. The van der Waals surface area contributed by atoms with E-state index in [1.807, 2.05) is 43.6 Å². The number of aryl methyl sites for hydroxylation is 2. The number of aromatic amines is 1. The Morgan fingerprint density at radius 3 is 2.10 bits per heavy atom. The SMILES string of the molecule is Cc1ccnc(-c2n[nH]c(-c3cc(C)ccn3)c2C)c1. The molecule has 0 aliphatic rings. The lowest BCUT2D eigenvalue weighted by molar-refractivity contribution is 1.08. The van der Waals surface area contributed by atoms with Gasteiger partial charge in [-0.05, 0) is 56.2 Å². The van der Waals surface area contributed by atoms with Crippen molar-refractivity contribution in [3.8, 4) is 22.8 Å². The number of aromatic nitrogens is 4. The van der Waals surface area contributed by atoms with E-state index < -0.39 is 0 Å². The van der Waals surface area contributed by atoms with Gasteiger partial charge in [0, 0.05) is 18.0 Å². The summed E-state index contributed by atoms with van der Waals surface area (Å²) in [6.07, 6.45) is 3.62. The van der Waals surface area contributed by atoms with Crippen molar-refractivity contribution in [3.63, 3.8) is 0 Å². The number of pyridine rings is 2. The smallest absolute Gasteiger partial charge is 0.114 e. The van der Waals surface area contributed by atoms with E-state index in [1.54, 1.807) is 0 Å². The zero-order valence-electron chi connectivity index (χ0n) is 11.8. The van der Waals surface area contributed by atoms with Crippen LogP contribution in [0.4, 0.5) is 0 Å². The highest BCUT2D eigenvalue weighted by atomic mass is 15.1. The van der Waals surface area contributed by atoms with Gasteiger partial charge in [0.15, 0.2) is 0 Å². The van der Waals surface area contributed by atoms with Gasteiger partial charge in [-0.1, -0.05) is 0 Å². The molecule has 100 valence electrons. The highest BCUT2D eigenvalue weighted by molar-refractivity contribution is 5.70. The van der Waals surface area contributed by atoms with E-state index in [0.717, 1.165) is 28.3 Å². The Labute approximate surface area is 117 Å². The molecule has 3 aromatic rings. The molecule has 0 saturated carbocycles. The summed E-state index contributed by atoms with van der Waals surface area (Å²) in [4.78, 5) is 8.80. The highest BCUT2D eigenvalue weighted by Gasteiger charge is 2.14. The summed E-state index contributed by atoms with van der Waals surface area (Å²) >= 11 is 0. The molecule has 4 nitrogen and oxygen atoms in total. The molecule has 0 bridgehead atoms. The van der Waals surface area contributed by atoms with E-state index in [1.165, 1.54) is 11.1 Å². The third kappa shape index (κ3) is 2.20. The Morgan fingerprint density at radius 2 is 1.45 bits per heavy atom. The quantitative estimate of drug-likeness (QED) is 0.771. The minimum atomic E-state index is 0.881. The van der Waals surface area contributed by atoms with Crippen LogP contribution in [0.3, 0.4) is 0 Å². The van der Waals surface area contributed by atoms with Crippen molar-refractivity contribution in [3.05, 3.63) is 53.3 Å². The molecule has 0 atom stereocenters. The minimum Gasteiger partial charge on any atom is -0.275 e. The molecule has 0 radical (unpaired) electrons. The summed E-state index contributed by atoms with van der Waals surface area (Å²) in [6.45, 7) is 6.15. The van der Waals surface area contributed by atoms with Crippen molar-refractivity contribution in [2.24, 2.45) is 0 Å². The molecule has 4 heteroatoms. The molecule has 20 heavy (non-hydrogen) atoms. The van der Waals surface area contributed by atoms with E-state index in [0.29, 0.717) is 0 Å². The number of rotatable bonds is 2. The zero-order valence-corrected chi connectivity index (χ0v) is 11.8. The summed E-state index contributed by atoms with van der Waals surface area (Å²) in [5, 5.41) is 7.49. The van der Waals surface area contributed by atoms with Gasteiger partial charge in [-0.25, -0.2) is 0 Å². The molecule has 0 spiro atoms. The number of hydrogen-bond acceptors (Lipinski definition) is 3. The fraction of sp³-hybridized carbons (Fsp3) is 0.188. The lowest BCUT2D eigenvalue weighted by atomic mass is 10.1. The van der Waals surface area contributed by atoms with Crippen LogP contribution < -0.4 is 0 Å². The zero-order chi connectivity index (χ0) is 14.1. The van der Waals surface area contributed by atoms with E-state index in [4.69, 9.17) is 0 Å². The fourth-order valence-electron chi connectivity index (χ4n) is 2.24. The van der Waals surface area contributed by atoms with Crippen molar-refractivity contribution in [2.45, 2.75) is 20.8 Å². The minimum absolute atomic E-state index is 0.881. The van der Waals surface area contributed by atoms with Gasteiger partial charge >= 0.3 is 0 Å². The largest absolute Gasteiger partial charge is 0.275 e. The Bertz CT molecular complexity index is 696. The Balaban J connectivity index is 2.09. The third-order valence-electron chi connectivity index (χ3n) is 3.34. The summed E-state index contributed by atoms with van der Waals surface area (Å²) in [5.74, 6) is 0. The van der Waals surface area contributed by atoms with Crippen LogP contribution in [0.2, 0.25) is 0 Å². The van der Waals surface area contributed by atoms with Crippen LogP contribution in [0.1, 0.15) is 16.7 Å². The van der Waals surface area contributed by atoms with Gasteiger partial charge < -0.3 is 0 Å². The topological polar surface area (TPSA) is 54.5 Å². The lowest BCUT2D eigenvalue weighted by Crippen LogP contribution is -1.88. The van der Waals surface area contributed by atoms with Gasteiger partial charge in [0.25, 0.3) is 0 Å². The van der Waals surface area contributed by atoms with E-state index >= 15 is 0 Å². The van der Waals surface area contributed by atoms with E-state index in [9.17, 15) is 0 Å². The summed E-state index contributed by atoms with van der Waals surface area (Å²) in [7, 11) is 0. The molecule has 0 aliphatic heterocycles. The maximum Gasteiger partial charge on any atom is 0.114 e. The average molecular weight is 264 g/mol. The van der Waals surface area contributed by atoms with Gasteiger partial charge in [0.1, 0.15) is 5.69 Å². The Morgan fingerprint density at radius 1 is 0.850 bits per heavy atom. The first kappa shape index (κ1) is 12.5. The Hall–Kier alpha value is -2.49. The van der Waals surface area contributed by atoms with Crippen molar-refractivity contribution >= 4 is 0 Å². The first-order valence-corrected chi connectivity index (χ1v) is 6.56. The molecule has 3 rings (SSSR count). The van der Waals surface area contributed by atoms with Gasteiger partial charge in [-0.3, -0.25) is 15.1 Å². The van der Waals surface area contributed by atoms with E-state index in [-0.39, 0.29) is 0 Å². The maximum absolute atomic E-state index is 4.41. The molecular weight excluding hydrogens is 248 g/mol. The molecule has 0 fully saturated rings. The van der Waals surface area contributed by atoms with Crippen LogP contribution in [-0.2, 0) is 0 Å². The normalized spacial score (nSPS) is 10.8. The highest BCUT2D eigenvalue weighted by Crippen LogP contribution is 2.27. The molecule has 0 aliphatic carbocycles. The van der Waals surface area contributed by atoms with Crippen molar-refractivity contribution in [2.75, 3.05) is 0 Å². The second-order valence-electron chi connectivity index (χ2n) is 5.01. The van der Waals surface area contributed by atoms with Crippen molar-refractivity contribution in [1.29, 1.82) is 0 Å².